The zero-order valence-corrected chi connectivity index (χ0v) is 16.3. The fourth-order valence-electron chi connectivity index (χ4n) is 1.93. The number of thioether (sulfide) groups is 1. The van der Waals surface area contributed by atoms with E-state index in [9.17, 15) is 5.26 Å². The molecule has 0 saturated carbocycles. The number of nitriles is 1. The molecule has 2 rings (SSSR count). The SMILES string of the molecule is CC(C)(C)[Si](C)(C)/C(C#N)=C1/Sc2ccccc2C[Se]1. The van der Waals surface area contributed by atoms with Gasteiger partial charge in [0.25, 0.3) is 0 Å². The second-order valence-corrected chi connectivity index (χ2v) is 15.6. The molecule has 106 valence electrons. The second-order valence-electron chi connectivity index (χ2n) is 6.65. The Morgan fingerprint density at radius 3 is 2.55 bits per heavy atom. The molecule has 1 aliphatic rings. The van der Waals surface area contributed by atoms with Gasteiger partial charge in [-0.1, -0.05) is 0 Å². The number of benzene rings is 1. The fraction of sp³-hybridized carbons (Fsp3) is 0.438. The van der Waals surface area contributed by atoms with Gasteiger partial charge in [0.1, 0.15) is 0 Å². The van der Waals surface area contributed by atoms with Gasteiger partial charge in [-0.05, 0) is 0 Å². The van der Waals surface area contributed by atoms with Crippen LogP contribution in [0.5, 0.6) is 0 Å². The van der Waals surface area contributed by atoms with E-state index in [1.807, 2.05) is 11.8 Å². The van der Waals surface area contributed by atoms with Crippen molar-refractivity contribution in [3.63, 3.8) is 0 Å². The first kappa shape index (κ1) is 15.9. The number of nitrogens with zero attached hydrogens (tertiary/aromatic N) is 1. The third kappa shape index (κ3) is 2.92. The summed E-state index contributed by atoms with van der Waals surface area (Å²) in [5.41, 5.74) is 1.45. The molecule has 1 aliphatic heterocycles. The van der Waals surface area contributed by atoms with Crippen LogP contribution in [0.15, 0.2) is 38.2 Å². The molecule has 1 aromatic carbocycles. The molecular formula is C16H21NSSeSi. The molecular weight excluding hydrogens is 345 g/mol. The molecule has 4 heteroatoms. The van der Waals surface area contributed by atoms with Gasteiger partial charge in [-0.25, -0.2) is 0 Å². The minimum atomic E-state index is -1.73. The standard InChI is InChI=1S/C16H21NSSeSi/c1-16(2,3)20(4,5)14(10-17)15-18-13-9-7-6-8-12(13)11-19-15/h6-9H,11H2,1-5H3/b15-14-. The first-order chi connectivity index (χ1) is 9.27. The predicted molar refractivity (Wildman–Crippen MR) is 91.6 cm³/mol. The molecule has 0 amide bonds. The van der Waals surface area contributed by atoms with E-state index in [1.54, 1.807) is 0 Å². The van der Waals surface area contributed by atoms with Gasteiger partial charge in [0.2, 0.25) is 0 Å². The number of fused-ring (bicyclic) bond motifs is 1. The van der Waals surface area contributed by atoms with Crippen molar-refractivity contribution in [2.45, 2.75) is 49.1 Å². The van der Waals surface area contributed by atoms with Gasteiger partial charge in [0.05, 0.1) is 0 Å². The van der Waals surface area contributed by atoms with Gasteiger partial charge < -0.3 is 0 Å². The van der Waals surface area contributed by atoms with Crippen molar-refractivity contribution in [2.75, 3.05) is 0 Å². The number of hydrogen-bond donors (Lipinski definition) is 0. The summed E-state index contributed by atoms with van der Waals surface area (Å²) >= 11 is 2.27. The summed E-state index contributed by atoms with van der Waals surface area (Å²) < 4.78 is 1.38. The van der Waals surface area contributed by atoms with Crippen LogP contribution in [0.25, 0.3) is 0 Å². The van der Waals surface area contributed by atoms with E-state index in [4.69, 9.17) is 0 Å². The molecule has 0 aliphatic carbocycles. The van der Waals surface area contributed by atoms with Crippen molar-refractivity contribution >= 4 is 34.8 Å². The van der Waals surface area contributed by atoms with E-state index in [-0.39, 0.29) is 5.04 Å². The van der Waals surface area contributed by atoms with Crippen LogP contribution in [0.2, 0.25) is 18.1 Å². The zero-order valence-electron chi connectivity index (χ0n) is 12.8. The van der Waals surface area contributed by atoms with Crippen molar-refractivity contribution in [3.05, 3.63) is 38.8 Å². The van der Waals surface area contributed by atoms with Gasteiger partial charge in [-0.3, -0.25) is 0 Å². The van der Waals surface area contributed by atoms with Crippen molar-refractivity contribution in [2.24, 2.45) is 0 Å². The molecule has 0 spiro atoms. The topological polar surface area (TPSA) is 23.8 Å². The number of hydrogen-bond acceptors (Lipinski definition) is 2. The van der Waals surface area contributed by atoms with Crippen LogP contribution in [0.3, 0.4) is 0 Å². The first-order valence-corrected chi connectivity index (χ1v) is 12.7. The maximum absolute atomic E-state index is 9.75. The van der Waals surface area contributed by atoms with E-state index >= 15 is 0 Å². The van der Waals surface area contributed by atoms with Crippen LogP contribution in [0, 0.1) is 11.3 Å². The maximum atomic E-state index is 9.75. The molecule has 1 heterocycles. The predicted octanol–water partition coefficient (Wildman–Crippen LogP) is 4.78. The third-order valence-corrected chi connectivity index (χ3v) is 14.4. The summed E-state index contributed by atoms with van der Waals surface area (Å²) in [6.45, 7) is 11.5. The monoisotopic (exact) mass is 367 g/mol. The van der Waals surface area contributed by atoms with Crippen LogP contribution in [-0.4, -0.2) is 23.0 Å². The van der Waals surface area contributed by atoms with E-state index in [1.165, 1.54) is 14.3 Å². The van der Waals surface area contributed by atoms with E-state index in [2.05, 4.69) is 64.2 Å². The van der Waals surface area contributed by atoms with Crippen LogP contribution >= 0.6 is 11.8 Å². The summed E-state index contributed by atoms with van der Waals surface area (Å²) in [4.78, 5) is 1.35. The van der Waals surface area contributed by atoms with Crippen molar-refractivity contribution in [3.8, 4) is 6.07 Å². The molecule has 0 atom stereocenters. The average Bonchev–Trinajstić information content (AvgIpc) is 2.38. The molecule has 0 saturated heterocycles. The summed E-state index contributed by atoms with van der Waals surface area (Å²) in [6.07, 6.45) is 0. The van der Waals surface area contributed by atoms with E-state index in [0.717, 1.165) is 10.5 Å². The Morgan fingerprint density at radius 2 is 1.95 bits per heavy atom. The number of allylic oxidation sites excluding steroid dienone is 1. The van der Waals surface area contributed by atoms with Crippen LogP contribution in [0.1, 0.15) is 26.3 Å². The Balaban J connectivity index is 2.45. The van der Waals surface area contributed by atoms with Crippen molar-refractivity contribution in [1.29, 1.82) is 5.26 Å². The Labute approximate surface area is 134 Å². The fourth-order valence-corrected chi connectivity index (χ4v) is 10.2. The Kier molecular flexibility index (Phi) is 4.56. The summed E-state index contributed by atoms with van der Waals surface area (Å²) in [7, 11) is -1.73. The van der Waals surface area contributed by atoms with E-state index < -0.39 is 8.07 Å². The summed E-state index contributed by atoms with van der Waals surface area (Å²) in [6, 6.07) is 11.2. The Morgan fingerprint density at radius 1 is 1.30 bits per heavy atom. The van der Waals surface area contributed by atoms with Gasteiger partial charge in [0.15, 0.2) is 0 Å². The van der Waals surface area contributed by atoms with Gasteiger partial charge in [0, 0.05) is 0 Å². The third-order valence-electron chi connectivity index (χ3n) is 4.35. The first-order valence-electron chi connectivity index (χ1n) is 6.81. The normalized spacial score (nSPS) is 18.2. The van der Waals surface area contributed by atoms with Gasteiger partial charge >= 0.3 is 134 Å². The average molecular weight is 366 g/mol. The molecule has 0 radical (unpaired) electrons. The van der Waals surface area contributed by atoms with E-state index in [0.29, 0.717) is 15.0 Å². The van der Waals surface area contributed by atoms with Crippen molar-refractivity contribution < 1.29 is 0 Å². The molecule has 0 fully saturated rings. The quantitative estimate of drug-likeness (QED) is 0.528. The van der Waals surface area contributed by atoms with Crippen LogP contribution in [0.4, 0.5) is 0 Å². The van der Waals surface area contributed by atoms with Crippen LogP contribution < -0.4 is 0 Å². The summed E-state index contributed by atoms with van der Waals surface area (Å²) in [5, 5.41) is 12.2. The summed E-state index contributed by atoms with van der Waals surface area (Å²) in [5.74, 6) is 0. The molecule has 0 bridgehead atoms. The molecule has 1 aromatic rings. The minimum absolute atomic E-state index is 0.221. The molecule has 0 N–H and O–H groups in total. The molecule has 0 aromatic heterocycles. The molecule has 0 unspecified atom stereocenters. The van der Waals surface area contributed by atoms with Crippen molar-refractivity contribution in [1.82, 2.24) is 0 Å². The number of rotatable bonds is 1. The van der Waals surface area contributed by atoms with Gasteiger partial charge in [-0.15, -0.1) is 0 Å². The Hall–Kier alpha value is -0.464. The Bertz CT molecular complexity index is 593. The second kappa shape index (κ2) is 5.73. The van der Waals surface area contributed by atoms with Gasteiger partial charge in [-0.2, -0.15) is 0 Å². The molecule has 20 heavy (non-hydrogen) atoms. The zero-order chi connectivity index (χ0) is 15.0. The molecule has 1 nitrogen and oxygen atoms in total. The van der Waals surface area contributed by atoms with Crippen LogP contribution in [-0.2, 0) is 5.32 Å².